The highest BCUT2D eigenvalue weighted by Gasteiger charge is 2.21. The lowest BCUT2D eigenvalue weighted by Crippen LogP contribution is -2.43. The van der Waals surface area contributed by atoms with Gasteiger partial charge in [0.1, 0.15) is 0 Å². The van der Waals surface area contributed by atoms with Crippen molar-refractivity contribution in [1.82, 2.24) is 4.90 Å². The van der Waals surface area contributed by atoms with Gasteiger partial charge in [-0.3, -0.25) is 14.5 Å². The minimum Gasteiger partial charge on any atom is -0.480 e. The molecule has 0 saturated heterocycles. The summed E-state index contributed by atoms with van der Waals surface area (Å²) in [7, 11) is 0. The first-order valence-electron chi connectivity index (χ1n) is 4.52. The second kappa shape index (κ2) is 5.59. The first-order valence-corrected chi connectivity index (χ1v) is 4.52. The number of nitrogens with zero attached hydrogens (tertiary/aromatic N) is 1. The van der Waals surface area contributed by atoms with Crippen LogP contribution in [0, 0.1) is 5.92 Å². The molecule has 0 bridgehead atoms. The second-order valence-electron chi connectivity index (χ2n) is 3.68. The van der Waals surface area contributed by atoms with Crippen molar-refractivity contribution < 1.29 is 19.8 Å². The lowest BCUT2D eigenvalue weighted by Gasteiger charge is -2.28. The van der Waals surface area contributed by atoms with Crippen LogP contribution < -0.4 is 0 Å². The van der Waals surface area contributed by atoms with Gasteiger partial charge in [-0.15, -0.1) is 0 Å². The Kier molecular flexibility index (Phi) is 5.15. The first kappa shape index (κ1) is 12.9. The molecule has 1 unspecified atom stereocenters. The maximum atomic E-state index is 10.5. The highest BCUT2D eigenvalue weighted by Crippen LogP contribution is 2.09. The van der Waals surface area contributed by atoms with Crippen molar-refractivity contribution in [3.63, 3.8) is 0 Å². The van der Waals surface area contributed by atoms with E-state index in [2.05, 4.69) is 0 Å². The molecule has 0 saturated carbocycles. The molecule has 0 aliphatic carbocycles. The molecule has 0 aromatic heterocycles. The summed E-state index contributed by atoms with van der Waals surface area (Å²) in [4.78, 5) is 22.4. The van der Waals surface area contributed by atoms with Crippen LogP contribution in [-0.4, -0.2) is 46.2 Å². The molecule has 0 radical (unpaired) electrons. The summed E-state index contributed by atoms with van der Waals surface area (Å²) in [6.07, 6.45) is 0. The van der Waals surface area contributed by atoms with Gasteiger partial charge in [0, 0.05) is 6.04 Å². The van der Waals surface area contributed by atoms with E-state index in [-0.39, 0.29) is 25.0 Å². The van der Waals surface area contributed by atoms with E-state index >= 15 is 0 Å². The molecule has 14 heavy (non-hydrogen) atoms. The molecule has 82 valence electrons. The van der Waals surface area contributed by atoms with E-state index < -0.39 is 11.9 Å². The smallest absolute Gasteiger partial charge is 0.317 e. The fraction of sp³-hybridized carbons (Fsp3) is 0.778. The van der Waals surface area contributed by atoms with Gasteiger partial charge in [-0.2, -0.15) is 0 Å². The van der Waals surface area contributed by atoms with Crippen molar-refractivity contribution >= 4 is 11.9 Å². The number of rotatable bonds is 6. The third-order valence-corrected chi connectivity index (χ3v) is 2.22. The first-order chi connectivity index (χ1) is 6.34. The normalized spacial score (nSPS) is 13.2. The fourth-order valence-corrected chi connectivity index (χ4v) is 1.11. The van der Waals surface area contributed by atoms with E-state index in [1.807, 2.05) is 20.8 Å². The predicted molar refractivity (Wildman–Crippen MR) is 51.1 cm³/mol. The molecule has 0 amide bonds. The lowest BCUT2D eigenvalue weighted by molar-refractivity contribution is -0.143. The van der Waals surface area contributed by atoms with Gasteiger partial charge in [0.15, 0.2) is 0 Å². The van der Waals surface area contributed by atoms with E-state index in [1.165, 1.54) is 4.90 Å². The molecule has 0 aliphatic heterocycles. The van der Waals surface area contributed by atoms with Gasteiger partial charge in [-0.05, 0) is 12.8 Å². The zero-order valence-corrected chi connectivity index (χ0v) is 8.73. The van der Waals surface area contributed by atoms with Crippen molar-refractivity contribution in [2.75, 3.05) is 13.1 Å². The zero-order valence-electron chi connectivity index (χ0n) is 8.73. The second-order valence-corrected chi connectivity index (χ2v) is 3.68. The predicted octanol–water partition coefficient (Wildman–Crippen LogP) is 0.502. The Bertz CT molecular complexity index is 199. The molecule has 0 aliphatic rings. The molecule has 5 nitrogen and oxygen atoms in total. The van der Waals surface area contributed by atoms with Gasteiger partial charge in [0.2, 0.25) is 0 Å². The summed E-state index contributed by atoms with van der Waals surface area (Å²) in [6, 6.07) is -0.0535. The van der Waals surface area contributed by atoms with Crippen LogP contribution in [0.5, 0.6) is 0 Å². The van der Waals surface area contributed by atoms with E-state index in [9.17, 15) is 9.59 Å². The fourth-order valence-electron chi connectivity index (χ4n) is 1.11. The van der Waals surface area contributed by atoms with Crippen LogP contribution in [0.1, 0.15) is 20.8 Å². The molecule has 1 atom stereocenters. The number of carbonyl (C=O) groups is 2. The highest BCUT2D eigenvalue weighted by molar-refractivity contribution is 5.72. The van der Waals surface area contributed by atoms with Gasteiger partial charge in [-0.25, -0.2) is 0 Å². The Hall–Kier alpha value is -1.10. The van der Waals surface area contributed by atoms with Crippen LogP contribution >= 0.6 is 0 Å². The Morgan fingerprint density at radius 1 is 1.07 bits per heavy atom. The molecule has 0 heterocycles. The van der Waals surface area contributed by atoms with Crippen LogP contribution in [0.3, 0.4) is 0 Å². The molecule has 0 rings (SSSR count). The van der Waals surface area contributed by atoms with Crippen molar-refractivity contribution in [3.8, 4) is 0 Å². The summed E-state index contributed by atoms with van der Waals surface area (Å²) in [5, 5.41) is 17.2. The molecular formula is C9H17NO4. The molecule has 2 N–H and O–H groups in total. The number of hydrogen-bond acceptors (Lipinski definition) is 3. The molecule has 0 spiro atoms. The monoisotopic (exact) mass is 203 g/mol. The van der Waals surface area contributed by atoms with Crippen molar-refractivity contribution in [2.24, 2.45) is 5.92 Å². The topological polar surface area (TPSA) is 77.8 Å². The minimum atomic E-state index is -1.00. The molecule has 5 heteroatoms. The average Bonchev–Trinajstić information content (AvgIpc) is 1.99. The lowest BCUT2D eigenvalue weighted by atomic mass is 10.0. The standard InChI is InChI=1S/C9H17NO4/c1-6(2)7(3)10(4-8(11)12)5-9(13)14/h6-7H,4-5H2,1-3H3,(H,11,12)(H,13,14). The number of carboxylic acid groups (broad SMARTS) is 2. The number of carboxylic acids is 2. The molecule has 0 aromatic carbocycles. The summed E-state index contributed by atoms with van der Waals surface area (Å²) >= 11 is 0. The van der Waals surface area contributed by atoms with Crippen molar-refractivity contribution in [3.05, 3.63) is 0 Å². The van der Waals surface area contributed by atoms with Gasteiger partial charge < -0.3 is 10.2 Å². The largest absolute Gasteiger partial charge is 0.480 e. The Morgan fingerprint density at radius 3 is 1.64 bits per heavy atom. The van der Waals surface area contributed by atoms with E-state index in [4.69, 9.17) is 10.2 Å². The van der Waals surface area contributed by atoms with Crippen LogP contribution in [0.25, 0.3) is 0 Å². The number of hydrogen-bond donors (Lipinski definition) is 2. The summed E-state index contributed by atoms with van der Waals surface area (Å²) in [6.45, 7) is 5.23. The maximum absolute atomic E-state index is 10.5. The Balaban J connectivity index is 4.37. The third kappa shape index (κ3) is 4.81. The summed E-state index contributed by atoms with van der Waals surface area (Å²) in [5.41, 5.74) is 0. The quantitative estimate of drug-likeness (QED) is 0.657. The van der Waals surface area contributed by atoms with Crippen LogP contribution in [0.15, 0.2) is 0 Å². The molecule has 0 fully saturated rings. The van der Waals surface area contributed by atoms with Crippen LogP contribution in [0.2, 0.25) is 0 Å². The minimum absolute atomic E-state index is 0.0535. The molecular weight excluding hydrogens is 186 g/mol. The maximum Gasteiger partial charge on any atom is 0.317 e. The van der Waals surface area contributed by atoms with Gasteiger partial charge >= 0.3 is 11.9 Å². The SMILES string of the molecule is CC(C)C(C)N(CC(=O)O)CC(=O)O. The average molecular weight is 203 g/mol. The van der Waals surface area contributed by atoms with Gasteiger partial charge in [-0.1, -0.05) is 13.8 Å². The van der Waals surface area contributed by atoms with E-state index in [1.54, 1.807) is 0 Å². The zero-order chi connectivity index (χ0) is 11.3. The summed E-state index contributed by atoms with van der Waals surface area (Å²) in [5.74, 6) is -1.77. The summed E-state index contributed by atoms with van der Waals surface area (Å²) < 4.78 is 0. The van der Waals surface area contributed by atoms with Crippen molar-refractivity contribution in [1.29, 1.82) is 0 Å². The van der Waals surface area contributed by atoms with Gasteiger partial charge in [0.05, 0.1) is 13.1 Å². The Labute approximate surface area is 83.3 Å². The molecule has 0 aromatic rings. The highest BCUT2D eigenvalue weighted by atomic mass is 16.4. The van der Waals surface area contributed by atoms with Crippen LogP contribution in [0.4, 0.5) is 0 Å². The third-order valence-electron chi connectivity index (χ3n) is 2.22. The van der Waals surface area contributed by atoms with Crippen molar-refractivity contribution in [2.45, 2.75) is 26.8 Å². The van der Waals surface area contributed by atoms with E-state index in [0.29, 0.717) is 0 Å². The van der Waals surface area contributed by atoms with Crippen LogP contribution in [-0.2, 0) is 9.59 Å². The van der Waals surface area contributed by atoms with E-state index in [0.717, 1.165) is 0 Å². The Morgan fingerprint density at radius 2 is 1.43 bits per heavy atom. The number of aliphatic carboxylic acids is 2. The van der Waals surface area contributed by atoms with Gasteiger partial charge in [0.25, 0.3) is 0 Å².